The average molecular weight is 372 g/mol. The van der Waals surface area contributed by atoms with Gasteiger partial charge in [0.15, 0.2) is 0 Å². The number of aliphatic carboxylic acids is 1. The zero-order valence-electron chi connectivity index (χ0n) is 14.4. The van der Waals surface area contributed by atoms with Gasteiger partial charge in [-0.1, -0.05) is 0 Å². The molecule has 0 saturated carbocycles. The third-order valence-corrected chi connectivity index (χ3v) is 4.42. The Balaban J connectivity index is 0.00000338. The van der Waals surface area contributed by atoms with Gasteiger partial charge in [-0.2, -0.15) is 0 Å². The summed E-state index contributed by atoms with van der Waals surface area (Å²) in [5.74, 6) is -2.05. The number of rotatable bonds is 6. The summed E-state index contributed by atoms with van der Waals surface area (Å²) < 4.78 is 0. The van der Waals surface area contributed by atoms with Crippen LogP contribution in [0.4, 0.5) is 11.4 Å². The zero-order valence-corrected chi connectivity index (χ0v) is 14.4. The van der Waals surface area contributed by atoms with Gasteiger partial charge < -0.3 is 41.6 Å². The van der Waals surface area contributed by atoms with Crippen molar-refractivity contribution in [3.8, 4) is 0 Å². The smallest absolute Gasteiger partial charge is 0.336 e. The molecule has 4 atom stereocenters. The quantitative estimate of drug-likeness (QED) is 0.276. The number of carboxylic acid groups (broad SMARTS) is 1. The van der Waals surface area contributed by atoms with Crippen molar-refractivity contribution in [1.82, 2.24) is 0 Å². The van der Waals surface area contributed by atoms with E-state index in [9.17, 15) is 24.9 Å². The van der Waals surface area contributed by atoms with Gasteiger partial charge in [0.05, 0.1) is 24.1 Å². The summed E-state index contributed by atoms with van der Waals surface area (Å²) in [5, 5.41) is 52.7. The van der Waals surface area contributed by atoms with Crippen LogP contribution in [0.1, 0.15) is 16.7 Å². The number of hydrogen-bond donors (Lipinski definition) is 7. The number of fused-ring (bicyclic) bond motifs is 1. The molecule has 146 valence electrons. The highest BCUT2D eigenvalue weighted by Gasteiger charge is 2.34. The molecule has 1 unspecified atom stereocenters. The second kappa shape index (κ2) is 8.43. The molecule has 10 nitrogen and oxygen atoms in total. The number of nitrogens with one attached hydrogen (secondary N) is 2. The van der Waals surface area contributed by atoms with E-state index in [4.69, 9.17) is 10.2 Å². The molecule has 0 saturated heterocycles. The number of hydrogen-bond acceptors (Lipinski definition) is 7. The monoisotopic (exact) mass is 372 g/mol. The standard InChI is InChI=1S/C16H22N2O7.H2O/c1-6-3-9-12(18-13(16(24)25)15(23)17-9)8(7(6)2)4-10(20)14(22)11(21)5-19;/h3,10-11,13-14,18-22H,4-5H2,1-2H3,(H,17,23)(H,24,25);1H2/t10-,11+,13?,14-;/m0./s1. The Labute approximate surface area is 149 Å². The second-order valence-corrected chi connectivity index (χ2v) is 6.14. The molecule has 1 heterocycles. The molecular formula is C16H24N2O8. The molecule has 0 aromatic heterocycles. The Hall–Kier alpha value is -2.24. The molecule has 0 bridgehead atoms. The van der Waals surface area contributed by atoms with Crippen molar-refractivity contribution in [3.05, 3.63) is 22.8 Å². The summed E-state index contributed by atoms with van der Waals surface area (Å²) in [4.78, 5) is 23.1. The maximum atomic E-state index is 11.9. The summed E-state index contributed by atoms with van der Waals surface area (Å²) >= 11 is 0. The molecule has 26 heavy (non-hydrogen) atoms. The molecule has 1 aliphatic rings. The predicted octanol–water partition coefficient (Wildman–Crippen LogP) is -2.09. The molecule has 0 radical (unpaired) electrons. The van der Waals surface area contributed by atoms with Gasteiger partial charge in [-0.05, 0) is 36.6 Å². The number of anilines is 2. The number of carboxylic acids is 1. The van der Waals surface area contributed by atoms with Crippen LogP contribution in [0.25, 0.3) is 0 Å². The van der Waals surface area contributed by atoms with E-state index in [0.717, 1.165) is 11.1 Å². The highest BCUT2D eigenvalue weighted by Crippen LogP contribution is 2.36. The lowest BCUT2D eigenvalue weighted by atomic mass is 9.91. The van der Waals surface area contributed by atoms with Crippen LogP contribution in [0.15, 0.2) is 6.07 Å². The van der Waals surface area contributed by atoms with Gasteiger partial charge in [0.25, 0.3) is 5.91 Å². The maximum absolute atomic E-state index is 11.9. The van der Waals surface area contributed by atoms with Crippen molar-refractivity contribution in [2.75, 3.05) is 17.2 Å². The van der Waals surface area contributed by atoms with Crippen molar-refractivity contribution in [1.29, 1.82) is 0 Å². The highest BCUT2D eigenvalue weighted by atomic mass is 16.4. The van der Waals surface area contributed by atoms with Crippen LogP contribution in [-0.2, 0) is 16.0 Å². The van der Waals surface area contributed by atoms with Crippen molar-refractivity contribution in [2.45, 2.75) is 44.6 Å². The van der Waals surface area contributed by atoms with Gasteiger partial charge in [-0.25, -0.2) is 4.79 Å². The zero-order chi connectivity index (χ0) is 18.9. The lowest BCUT2D eigenvalue weighted by Gasteiger charge is -2.30. The minimum atomic E-state index is -1.57. The van der Waals surface area contributed by atoms with E-state index in [1.54, 1.807) is 19.9 Å². The van der Waals surface area contributed by atoms with Crippen LogP contribution in [0.3, 0.4) is 0 Å². The first-order valence-corrected chi connectivity index (χ1v) is 7.75. The highest BCUT2D eigenvalue weighted by molar-refractivity contribution is 6.14. The van der Waals surface area contributed by atoms with E-state index in [0.29, 0.717) is 16.9 Å². The first-order valence-electron chi connectivity index (χ1n) is 7.75. The van der Waals surface area contributed by atoms with Gasteiger partial charge in [0.1, 0.15) is 12.2 Å². The molecular weight excluding hydrogens is 348 g/mol. The summed E-state index contributed by atoms with van der Waals surface area (Å²) in [6.07, 6.45) is -4.58. The van der Waals surface area contributed by atoms with E-state index in [1.165, 1.54) is 0 Å². The number of benzene rings is 1. The number of carbonyl (C=O) groups excluding carboxylic acids is 1. The maximum Gasteiger partial charge on any atom is 0.336 e. The van der Waals surface area contributed by atoms with E-state index in [1.807, 2.05) is 0 Å². The number of amides is 1. The Morgan fingerprint density at radius 2 is 1.85 bits per heavy atom. The van der Waals surface area contributed by atoms with Crippen LogP contribution in [-0.4, -0.2) is 73.8 Å². The second-order valence-electron chi connectivity index (χ2n) is 6.14. The summed E-state index contributed by atoms with van der Waals surface area (Å²) in [6.45, 7) is 2.85. The fraction of sp³-hybridized carbons (Fsp3) is 0.500. The minimum absolute atomic E-state index is 0. The van der Waals surface area contributed by atoms with Crippen molar-refractivity contribution in [3.63, 3.8) is 0 Å². The van der Waals surface area contributed by atoms with Gasteiger partial charge in [-0.3, -0.25) is 4.79 Å². The first kappa shape index (κ1) is 21.8. The van der Waals surface area contributed by atoms with Gasteiger partial charge >= 0.3 is 5.97 Å². The molecule has 1 amide bonds. The van der Waals surface area contributed by atoms with Gasteiger partial charge in [0.2, 0.25) is 6.04 Å². The van der Waals surface area contributed by atoms with E-state index in [2.05, 4.69) is 10.6 Å². The number of aryl methyl sites for hydroxylation is 1. The summed E-state index contributed by atoms with van der Waals surface area (Å²) in [6, 6.07) is 0.209. The Kier molecular flexibility index (Phi) is 7.07. The Bertz CT molecular complexity index is 693. The predicted molar refractivity (Wildman–Crippen MR) is 92.0 cm³/mol. The molecule has 1 aromatic rings. The van der Waals surface area contributed by atoms with E-state index >= 15 is 0 Å². The largest absolute Gasteiger partial charge is 0.479 e. The average Bonchev–Trinajstić information content (AvgIpc) is 2.56. The van der Waals surface area contributed by atoms with Crippen LogP contribution in [0.2, 0.25) is 0 Å². The fourth-order valence-electron chi connectivity index (χ4n) is 2.79. The third-order valence-electron chi connectivity index (χ3n) is 4.42. The van der Waals surface area contributed by atoms with Crippen molar-refractivity contribution >= 4 is 23.3 Å². The fourth-order valence-corrected chi connectivity index (χ4v) is 2.79. The Morgan fingerprint density at radius 3 is 2.38 bits per heavy atom. The molecule has 1 aliphatic heterocycles. The van der Waals surface area contributed by atoms with Crippen LogP contribution in [0.5, 0.6) is 0 Å². The van der Waals surface area contributed by atoms with Gasteiger partial charge in [0, 0.05) is 6.42 Å². The SMILES string of the molecule is Cc1cc2c(c(C[C@H](O)[C@H](O)[C@H](O)CO)c1C)NC(C(=O)O)C(=O)N2.O. The number of aliphatic hydroxyl groups excluding tert-OH is 4. The Morgan fingerprint density at radius 1 is 1.23 bits per heavy atom. The molecule has 2 rings (SSSR count). The normalized spacial score (nSPS) is 19.3. The number of aliphatic hydroxyl groups is 4. The number of carbonyl (C=O) groups is 2. The van der Waals surface area contributed by atoms with Crippen molar-refractivity contribution < 1.29 is 40.6 Å². The summed E-state index contributed by atoms with van der Waals surface area (Å²) in [5.41, 5.74) is 2.79. The molecule has 10 heteroatoms. The molecule has 0 aliphatic carbocycles. The summed E-state index contributed by atoms with van der Waals surface area (Å²) in [7, 11) is 0. The van der Waals surface area contributed by atoms with E-state index < -0.39 is 42.8 Å². The van der Waals surface area contributed by atoms with Crippen LogP contribution in [0, 0.1) is 13.8 Å². The molecule has 1 aromatic carbocycles. The third kappa shape index (κ3) is 4.11. The van der Waals surface area contributed by atoms with Crippen LogP contribution < -0.4 is 10.6 Å². The molecule has 0 spiro atoms. The topological polar surface area (TPSA) is 191 Å². The lowest BCUT2D eigenvalue weighted by molar-refractivity contribution is -0.140. The van der Waals surface area contributed by atoms with Crippen LogP contribution >= 0.6 is 0 Å². The van der Waals surface area contributed by atoms with E-state index in [-0.39, 0.29) is 11.9 Å². The van der Waals surface area contributed by atoms with Gasteiger partial charge in [-0.15, -0.1) is 0 Å². The lowest BCUT2D eigenvalue weighted by Crippen LogP contribution is -2.45. The van der Waals surface area contributed by atoms with Crippen molar-refractivity contribution in [2.24, 2.45) is 0 Å². The molecule has 0 fully saturated rings. The first-order chi connectivity index (χ1) is 11.7. The molecule has 9 N–H and O–H groups in total. The minimum Gasteiger partial charge on any atom is -0.479 e.